The van der Waals surface area contributed by atoms with E-state index in [1.54, 1.807) is 0 Å². The summed E-state index contributed by atoms with van der Waals surface area (Å²) < 4.78 is 0. The number of fused-ring (bicyclic) bond motifs is 2. The van der Waals surface area contributed by atoms with Gasteiger partial charge in [-0.25, -0.2) is 0 Å². The van der Waals surface area contributed by atoms with Gasteiger partial charge in [0.2, 0.25) is 0 Å². The Morgan fingerprint density at radius 3 is 2.00 bits per heavy atom. The Morgan fingerprint density at radius 1 is 0.812 bits per heavy atom. The van der Waals surface area contributed by atoms with E-state index < -0.39 is 0 Å². The molecule has 2 heteroatoms. The van der Waals surface area contributed by atoms with Crippen molar-refractivity contribution < 1.29 is 0 Å². The summed E-state index contributed by atoms with van der Waals surface area (Å²) >= 11 is 0. The van der Waals surface area contributed by atoms with E-state index in [4.69, 9.17) is 5.73 Å². The van der Waals surface area contributed by atoms with Crippen LogP contribution in [0.4, 0.5) is 0 Å². The van der Waals surface area contributed by atoms with Crippen LogP contribution < -0.4 is 5.73 Å². The summed E-state index contributed by atoms with van der Waals surface area (Å²) in [5, 5.41) is 0. The van der Waals surface area contributed by atoms with Crippen LogP contribution in [-0.2, 0) is 0 Å². The maximum atomic E-state index is 5.86. The third-order valence-electron chi connectivity index (χ3n) is 5.22. The second kappa shape index (κ2) is 4.66. The number of nitrogens with zero attached hydrogens (tertiary/aromatic N) is 1. The Morgan fingerprint density at radius 2 is 1.44 bits per heavy atom. The zero-order valence-corrected chi connectivity index (χ0v) is 10.4. The Kier molecular flexibility index (Phi) is 3.21. The van der Waals surface area contributed by atoms with E-state index in [9.17, 15) is 0 Å². The Labute approximate surface area is 99.6 Å². The van der Waals surface area contributed by atoms with E-state index in [1.807, 2.05) is 0 Å². The van der Waals surface area contributed by atoms with Crippen LogP contribution in [0.2, 0.25) is 0 Å². The van der Waals surface area contributed by atoms with Gasteiger partial charge in [-0.05, 0) is 51.0 Å². The molecule has 3 aliphatic rings. The lowest BCUT2D eigenvalue weighted by Crippen LogP contribution is -2.50. The molecule has 3 fully saturated rings. The molecule has 1 aliphatic carbocycles. The first-order valence-corrected chi connectivity index (χ1v) is 7.36. The van der Waals surface area contributed by atoms with Crippen molar-refractivity contribution in [3.63, 3.8) is 0 Å². The lowest BCUT2D eigenvalue weighted by atomic mass is 9.86. The number of rotatable bonds is 2. The predicted molar refractivity (Wildman–Crippen MR) is 67.3 cm³/mol. The molecule has 0 amide bonds. The smallest absolute Gasteiger partial charge is 0.0105 e. The minimum atomic E-state index is 0.831. The van der Waals surface area contributed by atoms with Crippen molar-refractivity contribution in [1.29, 1.82) is 0 Å². The van der Waals surface area contributed by atoms with Gasteiger partial charge in [-0.2, -0.15) is 0 Å². The van der Waals surface area contributed by atoms with Crippen LogP contribution in [0.15, 0.2) is 0 Å². The van der Waals surface area contributed by atoms with E-state index in [0.717, 1.165) is 30.6 Å². The molecule has 0 aromatic heterocycles. The Balaban J connectivity index is 1.68. The van der Waals surface area contributed by atoms with E-state index in [1.165, 1.54) is 57.8 Å². The molecule has 16 heavy (non-hydrogen) atoms. The summed E-state index contributed by atoms with van der Waals surface area (Å²) in [4.78, 5) is 2.92. The number of hydrogen-bond donors (Lipinski definition) is 1. The summed E-state index contributed by atoms with van der Waals surface area (Å²) in [7, 11) is 0. The number of nitrogens with two attached hydrogens (primary N) is 1. The maximum absolute atomic E-state index is 5.86. The Bertz CT molecular complexity index is 221. The Hall–Kier alpha value is -0.0800. The molecule has 0 radical (unpaired) electrons. The molecule has 2 unspecified atom stereocenters. The van der Waals surface area contributed by atoms with E-state index in [0.29, 0.717) is 0 Å². The van der Waals surface area contributed by atoms with Crippen molar-refractivity contribution in [2.75, 3.05) is 6.54 Å². The molecule has 2 atom stereocenters. The minimum absolute atomic E-state index is 0.831. The van der Waals surface area contributed by atoms with Crippen LogP contribution in [0.3, 0.4) is 0 Å². The zero-order valence-electron chi connectivity index (χ0n) is 10.4. The fourth-order valence-corrected chi connectivity index (χ4v) is 4.49. The molecule has 92 valence electrons. The van der Waals surface area contributed by atoms with Gasteiger partial charge < -0.3 is 5.73 Å². The fourth-order valence-electron chi connectivity index (χ4n) is 4.49. The van der Waals surface area contributed by atoms with Crippen LogP contribution in [0.25, 0.3) is 0 Å². The van der Waals surface area contributed by atoms with Gasteiger partial charge in [0.25, 0.3) is 0 Å². The van der Waals surface area contributed by atoms with Crippen LogP contribution in [0.1, 0.15) is 57.8 Å². The average Bonchev–Trinajstić information content (AvgIpc) is 2.61. The molecule has 0 aromatic rings. The predicted octanol–water partition coefficient (Wildman–Crippen LogP) is 2.52. The largest absolute Gasteiger partial charge is 0.330 e. The van der Waals surface area contributed by atoms with Crippen molar-refractivity contribution >= 4 is 0 Å². The van der Waals surface area contributed by atoms with Crippen LogP contribution >= 0.6 is 0 Å². The third-order valence-corrected chi connectivity index (χ3v) is 5.22. The van der Waals surface area contributed by atoms with E-state index in [2.05, 4.69) is 4.90 Å². The number of hydrogen-bond acceptors (Lipinski definition) is 2. The van der Waals surface area contributed by atoms with Gasteiger partial charge in [-0.3, -0.25) is 4.90 Å². The molecule has 0 aromatic carbocycles. The first-order valence-electron chi connectivity index (χ1n) is 7.36. The number of piperidine rings is 1. The lowest BCUT2D eigenvalue weighted by molar-refractivity contribution is 0.0439. The summed E-state index contributed by atoms with van der Waals surface area (Å²) in [6.07, 6.45) is 13.1. The molecular weight excluding hydrogens is 196 g/mol. The lowest BCUT2D eigenvalue weighted by Gasteiger charge is -2.44. The quantitative estimate of drug-likeness (QED) is 0.778. The molecule has 2 bridgehead atoms. The molecule has 1 saturated carbocycles. The van der Waals surface area contributed by atoms with Crippen molar-refractivity contribution in [2.24, 2.45) is 11.7 Å². The first-order chi connectivity index (χ1) is 7.88. The van der Waals surface area contributed by atoms with Crippen molar-refractivity contribution in [3.8, 4) is 0 Å². The molecule has 2 saturated heterocycles. The standard InChI is InChI=1S/C14H26N2/c15-10-11-8-13-6-7-14(9-11)16(13)12-4-2-1-3-5-12/h11-14H,1-10,15H2. The molecule has 0 spiro atoms. The highest BCUT2D eigenvalue weighted by molar-refractivity contribution is 4.98. The van der Waals surface area contributed by atoms with Gasteiger partial charge in [-0.1, -0.05) is 19.3 Å². The van der Waals surface area contributed by atoms with Crippen LogP contribution in [0.5, 0.6) is 0 Å². The van der Waals surface area contributed by atoms with Gasteiger partial charge in [-0.15, -0.1) is 0 Å². The van der Waals surface area contributed by atoms with Gasteiger partial charge >= 0.3 is 0 Å². The third kappa shape index (κ3) is 1.91. The minimum Gasteiger partial charge on any atom is -0.330 e. The highest BCUT2D eigenvalue weighted by Gasteiger charge is 2.43. The second-order valence-corrected chi connectivity index (χ2v) is 6.20. The molecule has 2 nitrogen and oxygen atoms in total. The molecule has 2 heterocycles. The van der Waals surface area contributed by atoms with Gasteiger partial charge in [0.15, 0.2) is 0 Å². The van der Waals surface area contributed by atoms with Crippen molar-refractivity contribution in [3.05, 3.63) is 0 Å². The summed E-state index contributed by atoms with van der Waals surface area (Å²) in [5.74, 6) is 0.831. The summed E-state index contributed by atoms with van der Waals surface area (Å²) in [5.41, 5.74) is 5.86. The van der Waals surface area contributed by atoms with Gasteiger partial charge in [0.1, 0.15) is 0 Å². The van der Waals surface area contributed by atoms with E-state index in [-0.39, 0.29) is 0 Å². The molecule has 3 rings (SSSR count). The highest BCUT2D eigenvalue weighted by atomic mass is 15.2. The first kappa shape index (κ1) is 11.0. The van der Waals surface area contributed by atoms with Crippen LogP contribution in [0, 0.1) is 5.92 Å². The maximum Gasteiger partial charge on any atom is 0.0105 e. The SMILES string of the molecule is NCC1CC2CCC(C1)N2C1CCCCC1. The van der Waals surface area contributed by atoms with E-state index >= 15 is 0 Å². The average molecular weight is 222 g/mol. The van der Waals surface area contributed by atoms with Crippen molar-refractivity contribution in [2.45, 2.75) is 75.9 Å². The molecule has 2 N–H and O–H groups in total. The molecular formula is C14H26N2. The van der Waals surface area contributed by atoms with Gasteiger partial charge in [0.05, 0.1) is 0 Å². The second-order valence-electron chi connectivity index (χ2n) is 6.20. The normalized spacial score (nSPS) is 41.4. The van der Waals surface area contributed by atoms with Crippen molar-refractivity contribution in [1.82, 2.24) is 4.90 Å². The molecule has 2 aliphatic heterocycles. The summed E-state index contributed by atoms with van der Waals surface area (Å²) in [6, 6.07) is 2.73. The highest BCUT2D eigenvalue weighted by Crippen LogP contribution is 2.42. The fraction of sp³-hybridized carbons (Fsp3) is 1.00. The zero-order chi connectivity index (χ0) is 11.0. The van der Waals surface area contributed by atoms with Crippen LogP contribution in [-0.4, -0.2) is 29.6 Å². The topological polar surface area (TPSA) is 29.3 Å². The summed E-state index contributed by atoms with van der Waals surface area (Å²) in [6.45, 7) is 0.922. The monoisotopic (exact) mass is 222 g/mol. The van der Waals surface area contributed by atoms with Gasteiger partial charge in [0, 0.05) is 18.1 Å².